The van der Waals surface area contributed by atoms with E-state index in [4.69, 9.17) is 14.6 Å². The maximum Gasteiger partial charge on any atom is 0.312 e. The normalized spacial score (nSPS) is 12.8. The first kappa shape index (κ1) is 23.4. The number of ether oxygens (including phenoxy) is 2. The van der Waals surface area contributed by atoms with E-state index in [1.807, 2.05) is 57.9 Å². The minimum absolute atomic E-state index is 0.137. The number of hydrogen-bond acceptors (Lipinski definition) is 3. The second-order valence-electron chi connectivity index (χ2n) is 7.10. The van der Waals surface area contributed by atoms with E-state index in [0.29, 0.717) is 5.75 Å². The van der Waals surface area contributed by atoms with Gasteiger partial charge in [-0.2, -0.15) is 4.39 Å². The highest BCUT2D eigenvalue weighted by molar-refractivity contribution is 5.42. The van der Waals surface area contributed by atoms with Crippen LogP contribution in [-0.2, 0) is 5.41 Å². The Morgan fingerprint density at radius 2 is 1.29 bits per heavy atom. The van der Waals surface area contributed by atoms with E-state index in [0.717, 1.165) is 23.8 Å². The Bertz CT molecular complexity index is 779. The number of benzene rings is 2. The second kappa shape index (κ2) is 10.0. The van der Waals surface area contributed by atoms with Gasteiger partial charge in [-0.3, -0.25) is 0 Å². The SMILES string of the molecule is CC.CC(C)Oc1ccc(C(C)(C)c2ccc(OC(C)(F)C#CO)cc2)cc1. The molecule has 0 bridgehead atoms. The zero-order chi connectivity index (χ0) is 21.4. The maximum absolute atomic E-state index is 13.9. The van der Waals surface area contributed by atoms with E-state index in [1.165, 1.54) is 0 Å². The molecule has 0 saturated carbocycles. The average Bonchev–Trinajstić information content (AvgIpc) is 2.63. The lowest BCUT2D eigenvalue weighted by atomic mass is 9.78. The minimum Gasteiger partial charge on any atom is -0.491 e. The van der Waals surface area contributed by atoms with Crippen LogP contribution in [0.1, 0.15) is 59.6 Å². The minimum atomic E-state index is -2.24. The summed E-state index contributed by atoms with van der Waals surface area (Å²) in [5.41, 5.74) is 1.97. The lowest BCUT2D eigenvalue weighted by molar-refractivity contribution is 0.0129. The van der Waals surface area contributed by atoms with Gasteiger partial charge >= 0.3 is 5.85 Å². The van der Waals surface area contributed by atoms with Gasteiger partial charge in [-0.25, -0.2) is 0 Å². The first-order chi connectivity index (χ1) is 13.1. The summed E-state index contributed by atoms with van der Waals surface area (Å²) >= 11 is 0. The molecule has 0 aliphatic carbocycles. The van der Waals surface area contributed by atoms with E-state index in [2.05, 4.69) is 26.0 Å². The molecule has 0 amide bonds. The van der Waals surface area contributed by atoms with E-state index in [9.17, 15) is 4.39 Å². The molecule has 0 heterocycles. The van der Waals surface area contributed by atoms with Gasteiger partial charge in [0.1, 0.15) is 17.6 Å². The molecule has 0 saturated heterocycles. The molecule has 1 atom stereocenters. The van der Waals surface area contributed by atoms with E-state index >= 15 is 0 Å². The molecule has 1 unspecified atom stereocenters. The Balaban J connectivity index is 0.00000190. The van der Waals surface area contributed by atoms with Gasteiger partial charge in [-0.15, -0.1) is 0 Å². The van der Waals surface area contributed by atoms with Crippen LogP contribution < -0.4 is 9.47 Å². The van der Waals surface area contributed by atoms with Crippen molar-refractivity contribution in [2.45, 2.75) is 65.8 Å². The van der Waals surface area contributed by atoms with Crippen molar-refractivity contribution in [3.05, 3.63) is 59.7 Å². The highest BCUT2D eigenvalue weighted by atomic mass is 19.2. The third-order valence-corrected chi connectivity index (χ3v) is 4.11. The Hall–Kier alpha value is -2.67. The largest absolute Gasteiger partial charge is 0.491 e. The Kier molecular flexibility index (Phi) is 8.37. The summed E-state index contributed by atoms with van der Waals surface area (Å²) in [6.45, 7) is 13.4. The monoisotopic (exact) mass is 386 g/mol. The van der Waals surface area contributed by atoms with Crippen molar-refractivity contribution >= 4 is 0 Å². The zero-order valence-corrected chi connectivity index (χ0v) is 17.8. The van der Waals surface area contributed by atoms with Gasteiger partial charge in [-0.05, 0) is 49.2 Å². The van der Waals surface area contributed by atoms with Crippen LogP contribution in [0.25, 0.3) is 0 Å². The lowest BCUT2D eigenvalue weighted by Gasteiger charge is -2.27. The van der Waals surface area contributed by atoms with Gasteiger partial charge < -0.3 is 14.6 Å². The average molecular weight is 387 g/mol. The predicted octanol–water partition coefficient (Wildman–Crippen LogP) is 6.22. The van der Waals surface area contributed by atoms with Crippen LogP contribution in [-0.4, -0.2) is 17.1 Å². The summed E-state index contributed by atoms with van der Waals surface area (Å²) in [6, 6.07) is 15.2. The van der Waals surface area contributed by atoms with E-state index in [-0.39, 0.29) is 11.5 Å². The van der Waals surface area contributed by atoms with Crippen LogP contribution in [0.15, 0.2) is 48.5 Å². The fourth-order valence-electron chi connectivity index (χ4n) is 2.68. The third kappa shape index (κ3) is 6.49. The van der Waals surface area contributed by atoms with Gasteiger partial charge in [0.2, 0.25) is 0 Å². The van der Waals surface area contributed by atoms with Crippen LogP contribution in [0.5, 0.6) is 11.5 Å². The molecule has 152 valence electrons. The molecule has 0 fully saturated rings. The van der Waals surface area contributed by atoms with Crippen molar-refractivity contribution in [1.29, 1.82) is 0 Å². The number of aliphatic hydroxyl groups is 1. The first-order valence-electron chi connectivity index (χ1n) is 9.56. The van der Waals surface area contributed by atoms with Crippen molar-refractivity contribution < 1.29 is 19.0 Å². The summed E-state index contributed by atoms with van der Waals surface area (Å²) in [7, 11) is 0. The van der Waals surface area contributed by atoms with Crippen molar-refractivity contribution in [2.75, 3.05) is 0 Å². The van der Waals surface area contributed by atoms with E-state index < -0.39 is 5.85 Å². The van der Waals surface area contributed by atoms with Crippen molar-refractivity contribution in [3.8, 4) is 23.5 Å². The Labute approximate surface area is 168 Å². The lowest BCUT2D eigenvalue weighted by Crippen LogP contribution is -2.24. The summed E-state index contributed by atoms with van der Waals surface area (Å²) in [5, 5.41) is 8.53. The van der Waals surface area contributed by atoms with Gasteiger partial charge in [-0.1, -0.05) is 52.0 Å². The fraction of sp³-hybridized carbons (Fsp3) is 0.417. The number of alkyl halides is 1. The summed E-state index contributed by atoms with van der Waals surface area (Å²) in [4.78, 5) is 0. The molecule has 0 aliphatic rings. The molecule has 0 aliphatic heterocycles. The third-order valence-electron chi connectivity index (χ3n) is 4.11. The topological polar surface area (TPSA) is 38.7 Å². The smallest absolute Gasteiger partial charge is 0.312 e. The van der Waals surface area contributed by atoms with Gasteiger partial charge in [0.25, 0.3) is 0 Å². The van der Waals surface area contributed by atoms with E-state index in [1.54, 1.807) is 18.2 Å². The van der Waals surface area contributed by atoms with Crippen LogP contribution >= 0.6 is 0 Å². The highest BCUT2D eigenvalue weighted by Gasteiger charge is 2.25. The first-order valence-corrected chi connectivity index (χ1v) is 9.56. The molecule has 0 aromatic heterocycles. The maximum atomic E-state index is 13.9. The Morgan fingerprint density at radius 1 is 0.857 bits per heavy atom. The second-order valence-corrected chi connectivity index (χ2v) is 7.10. The molecular weight excluding hydrogens is 355 g/mol. The zero-order valence-electron chi connectivity index (χ0n) is 17.8. The summed E-state index contributed by atoms with van der Waals surface area (Å²) in [6.07, 6.45) is 1.68. The highest BCUT2D eigenvalue weighted by Crippen LogP contribution is 2.34. The molecule has 4 heteroatoms. The molecular formula is C24H31FO3. The molecule has 2 aromatic carbocycles. The van der Waals surface area contributed by atoms with Crippen LogP contribution in [0.2, 0.25) is 0 Å². The number of halogens is 1. The Morgan fingerprint density at radius 3 is 1.68 bits per heavy atom. The van der Waals surface area contributed by atoms with Crippen LogP contribution in [0.4, 0.5) is 4.39 Å². The van der Waals surface area contributed by atoms with Crippen molar-refractivity contribution in [2.24, 2.45) is 0 Å². The molecule has 2 aromatic rings. The summed E-state index contributed by atoms with van der Waals surface area (Å²) < 4.78 is 24.8. The molecule has 0 radical (unpaired) electrons. The molecule has 3 nitrogen and oxygen atoms in total. The van der Waals surface area contributed by atoms with Gasteiger partial charge in [0, 0.05) is 18.3 Å². The number of aliphatic hydroxyl groups excluding tert-OH is 1. The van der Waals surface area contributed by atoms with Crippen LogP contribution in [0, 0.1) is 12.0 Å². The van der Waals surface area contributed by atoms with Crippen molar-refractivity contribution in [3.63, 3.8) is 0 Å². The fourth-order valence-corrected chi connectivity index (χ4v) is 2.68. The molecule has 1 N–H and O–H groups in total. The molecule has 2 rings (SSSR count). The number of hydrogen-bond donors (Lipinski definition) is 1. The predicted molar refractivity (Wildman–Crippen MR) is 112 cm³/mol. The molecule has 0 spiro atoms. The quantitative estimate of drug-likeness (QED) is 0.599. The van der Waals surface area contributed by atoms with Crippen molar-refractivity contribution in [1.82, 2.24) is 0 Å². The van der Waals surface area contributed by atoms with Gasteiger partial charge in [0.15, 0.2) is 0 Å². The molecule has 28 heavy (non-hydrogen) atoms. The van der Waals surface area contributed by atoms with Crippen LogP contribution in [0.3, 0.4) is 0 Å². The van der Waals surface area contributed by atoms with Gasteiger partial charge in [0.05, 0.1) is 6.10 Å². The standard InChI is InChI=1S/C22H25FO3.C2H6/c1-16(2)25-19-10-6-17(7-11-19)21(3,4)18-8-12-20(13-9-18)26-22(5,23)14-15-24;1-2/h6-13,16,24H,1-5H3;1-2H3. The summed E-state index contributed by atoms with van der Waals surface area (Å²) in [5.74, 6) is 0.915. The number of rotatable bonds is 6.